The molecule has 1 fully saturated rings. The van der Waals surface area contributed by atoms with E-state index in [0.717, 1.165) is 5.56 Å². The van der Waals surface area contributed by atoms with Crippen LogP contribution in [0.25, 0.3) is 6.08 Å². The van der Waals surface area contributed by atoms with Crippen molar-refractivity contribution in [3.63, 3.8) is 0 Å². The highest BCUT2D eigenvalue weighted by atomic mass is 32.2. The molecule has 0 saturated carbocycles. The minimum atomic E-state index is -3.37. The summed E-state index contributed by atoms with van der Waals surface area (Å²) in [5.41, 5.74) is 0.875. The van der Waals surface area contributed by atoms with Crippen LogP contribution in [0.1, 0.15) is 19.4 Å². The molecule has 0 radical (unpaired) electrons. The van der Waals surface area contributed by atoms with E-state index in [1.54, 1.807) is 6.08 Å². The molecule has 104 valence electrons. The van der Waals surface area contributed by atoms with Crippen molar-refractivity contribution in [3.05, 3.63) is 41.3 Å². The Kier molecular flexibility index (Phi) is 4.39. The maximum Gasteiger partial charge on any atom is 0.236 e. The summed E-state index contributed by atoms with van der Waals surface area (Å²) in [6.07, 6.45) is 1.49. The van der Waals surface area contributed by atoms with Crippen molar-refractivity contribution in [2.75, 3.05) is 13.1 Å². The van der Waals surface area contributed by atoms with Gasteiger partial charge in [-0.05, 0) is 25.5 Å². The lowest BCUT2D eigenvalue weighted by Crippen LogP contribution is -2.47. The molecule has 2 atom stereocenters. The smallest absolute Gasteiger partial charge is 0.236 e. The van der Waals surface area contributed by atoms with Crippen LogP contribution in [0.15, 0.2) is 35.7 Å². The predicted molar refractivity (Wildman–Crippen MR) is 76.0 cm³/mol. The van der Waals surface area contributed by atoms with E-state index in [1.807, 2.05) is 44.2 Å². The summed E-state index contributed by atoms with van der Waals surface area (Å²) in [5, 5.41) is 1.27. The Morgan fingerprint density at radius 2 is 1.74 bits per heavy atom. The largest absolute Gasteiger partial charge is 0.373 e. The number of rotatable bonds is 3. The molecular formula is C14H19NO3S. The van der Waals surface area contributed by atoms with Gasteiger partial charge in [0.1, 0.15) is 0 Å². The van der Waals surface area contributed by atoms with E-state index in [-0.39, 0.29) is 12.2 Å². The van der Waals surface area contributed by atoms with Gasteiger partial charge in [-0.15, -0.1) is 0 Å². The number of morpholine rings is 1. The molecule has 0 spiro atoms. The van der Waals surface area contributed by atoms with E-state index in [4.69, 9.17) is 4.74 Å². The van der Waals surface area contributed by atoms with E-state index < -0.39 is 10.0 Å². The standard InChI is InChI=1S/C14H19NO3S/c1-12-10-15(11-13(2)18-12)19(16,17)9-8-14-6-4-3-5-7-14/h3-9,12-13H,10-11H2,1-2H3/b9-8+/t12-,13-/m1/s1. The highest BCUT2D eigenvalue weighted by molar-refractivity contribution is 7.92. The second kappa shape index (κ2) is 5.86. The van der Waals surface area contributed by atoms with Gasteiger partial charge in [-0.1, -0.05) is 30.3 Å². The van der Waals surface area contributed by atoms with Gasteiger partial charge in [0.05, 0.1) is 12.2 Å². The molecule has 0 amide bonds. The first kappa shape index (κ1) is 14.2. The van der Waals surface area contributed by atoms with Crippen LogP contribution in [0, 0.1) is 0 Å². The lowest BCUT2D eigenvalue weighted by atomic mass is 10.2. The maximum absolute atomic E-state index is 12.2. The second-order valence-electron chi connectivity index (χ2n) is 4.83. The normalized spacial score (nSPS) is 25.8. The van der Waals surface area contributed by atoms with Crippen molar-refractivity contribution >= 4 is 16.1 Å². The summed E-state index contributed by atoms with van der Waals surface area (Å²) in [6, 6.07) is 9.40. The van der Waals surface area contributed by atoms with Crippen LogP contribution in [0.4, 0.5) is 0 Å². The summed E-state index contributed by atoms with van der Waals surface area (Å²) in [7, 11) is -3.37. The Morgan fingerprint density at radius 1 is 1.16 bits per heavy atom. The van der Waals surface area contributed by atoms with E-state index in [9.17, 15) is 8.42 Å². The lowest BCUT2D eigenvalue weighted by Gasteiger charge is -2.33. The fraction of sp³-hybridized carbons (Fsp3) is 0.429. The van der Waals surface area contributed by atoms with Gasteiger partial charge in [-0.25, -0.2) is 8.42 Å². The minimum Gasteiger partial charge on any atom is -0.373 e. The van der Waals surface area contributed by atoms with Crippen molar-refractivity contribution < 1.29 is 13.2 Å². The number of ether oxygens (including phenoxy) is 1. The van der Waals surface area contributed by atoms with Gasteiger partial charge >= 0.3 is 0 Å². The summed E-state index contributed by atoms with van der Waals surface area (Å²) in [6.45, 7) is 4.59. The fourth-order valence-electron chi connectivity index (χ4n) is 2.15. The van der Waals surface area contributed by atoms with Crippen molar-refractivity contribution in [2.24, 2.45) is 0 Å². The Balaban J connectivity index is 2.12. The molecule has 1 aromatic carbocycles. The quantitative estimate of drug-likeness (QED) is 0.852. The lowest BCUT2D eigenvalue weighted by molar-refractivity contribution is -0.0437. The molecule has 1 aliphatic rings. The number of benzene rings is 1. The van der Waals surface area contributed by atoms with Crippen LogP contribution in [0.2, 0.25) is 0 Å². The van der Waals surface area contributed by atoms with Gasteiger partial charge in [-0.3, -0.25) is 0 Å². The molecule has 5 heteroatoms. The topological polar surface area (TPSA) is 46.6 Å². The highest BCUT2D eigenvalue weighted by Gasteiger charge is 2.29. The monoisotopic (exact) mass is 281 g/mol. The third-order valence-corrected chi connectivity index (χ3v) is 4.48. The van der Waals surface area contributed by atoms with Crippen LogP contribution in [0.3, 0.4) is 0 Å². The zero-order valence-electron chi connectivity index (χ0n) is 11.2. The Bertz CT molecular complexity index is 529. The van der Waals surface area contributed by atoms with E-state index in [1.165, 1.54) is 9.71 Å². The van der Waals surface area contributed by atoms with Gasteiger partial charge in [-0.2, -0.15) is 4.31 Å². The number of nitrogens with zero attached hydrogens (tertiary/aromatic N) is 1. The van der Waals surface area contributed by atoms with Crippen LogP contribution < -0.4 is 0 Å². The molecule has 1 aromatic rings. The average molecular weight is 281 g/mol. The minimum absolute atomic E-state index is 0.0661. The zero-order valence-corrected chi connectivity index (χ0v) is 12.0. The predicted octanol–water partition coefficient (Wildman–Crippen LogP) is 2.10. The average Bonchev–Trinajstić information content (AvgIpc) is 2.37. The Labute approximate surface area is 114 Å². The first-order chi connectivity index (χ1) is 8.97. The number of hydrogen-bond donors (Lipinski definition) is 0. The second-order valence-corrected chi connectivity index (χ2v) is 6.65. The molecule has 19 heavy (non-hydrogen) atoms. The van der Waals surface area contributed by atoms with Crippen molar-refractivity contribution in [1.29, 1.82) is 0 Å². The molecule has 0 aliphatic carbocycles. The summed E-state index contributed by atoms with van der Waals surface area (Å²) < 4.78 is 31.5. The molecule has 0 N–H and O–H groups in total. The maximum atomic E-state index is 12.2. The number of hydrogen-bond acceptors (Lipinski definition) is 3. The zero-order chi connectivity index (χ0) is 13.9. The van der Waals surface area contributed by atoms with Gasteiger partial charge in [0.15, 0.2) is 0 Å². The van der Waals surface area contributed by atoms with Gasteiger partial charge in [0, 0.05) is 18.5 Å². The fourth-order valence-corrected chi connectivity index (χ4v) is 3.49. The molecule has 1 aliphatic heterocycles. The Hall–Kier alpha value is -1.17. The third kappa shape index (κ3) is 3.89. The highest BCUT2D eigenvalue weighted by Crippen LogP contribution is 2.16. The van der Waals surface area contributed by atoms with Gasteiger partial charge in [0.2, 0.25) is 10.0 Å². The molecule has 0 unspecified atom stereocenters. The number of sulfonamides is 1. The SMILES string of the molecule is C[C@@H]1CN(S(=O)(=O)/C=C/c2ccccc2)C[C@@H](C)O1. The van der Waals surface area contributed by atoms with Crippen LogP contribution in [-0.4, -0.2) is 38.0 Å². The first-order valence-corrected chi connectivity index (χ1v) is 7.86. The van der Waals surface area contributed by atoms with Crippen LogP contribution >= 0.6 is 0 Å². The molecule has 0 bridgehead atoms. The third-order valence-electron chi connectivity index (χ3n) is 2.98. The Morgan fingerprint density at radius 3 is 2.32 bits per heavy atom. The molecular weight excluding hydrogens is 262 g/mol. The molecule has 0 aromatic heterocycles. The van der Waals surface area contributed by atoms with Crippen molar-refractivity contribution in [2.45, 2.75) is 26.1 Å². The van der Waals surface area contributed by atoms with Gasteiger partial charge in [0.25, 0.3) is 0 Å². The molecule has 1 heterocycles. The summed E-state index contributed by atoms with van der Waals surface area (Å²) >= 11 is 0. The summed E-state index contributed by atoms with van der Waals surface area (Å²) in [5.74, 6) is 0. The van der Waals surface area contributed by atoms with Crippen molar-refractivity contribution in [3.8, 4) is 0 Å². The molecule has 1 saturated heterocycles. The van der Waals surface area contributed by atoms with Crippen LogP contribution in [0.5, 0.6) is 0 Å². The van der Waals surface area contributed by atoms with Crippen molar-refractivity contribution in [1.82, 2.24) is 4.31 Å². The van der Waals surface area contributed by atoms with E-state index >= 15 is 0 Å². The van der Waals surface area contributed by atoms with Gasteiger partial charge < -0.3 is 4.74 Å². The van der Waals surface area contributed by atoms with E-state index in [0.29, 0.717) is 13.1 Å². The van der Waals surface area contributed by atoms with Crippen LogP contribution in [-0.2, 0) is 14.8 Å². The van der Waals surface area contributed by atoms with E-state index in [2.05, 4.69) is 0 Å². The molecule has 2 rings (SSSR count). The summed E-state index contributed by atoms with van der Waals surface area (Å²) in [4.78, 5) is 0. The molecule has 4 nitrogen and oxygen atoms in total. The first-order valence-electron chi connectivity index (χ1n) is 6.36.